The van der Waals surface area contributed by atoms with Gasteiger partial charge in [0.1, 0.15) is 0 Å². The molecule has 3 aliphatic heterocycles. The maximum absolute atomic E-state index is 2.76. The summed E-state index contributed by atoms with van der Waals surface area (Å²) < 4.78 is 2.68. The van der Waals surface area contributed by atoms with Crippen molar-refractivity contribution in [3.8, 4) is 22.3 Å². The van der Waals surface area contributed by atoms with Crippen molar-refractivity contribution in [3.05, 3.63) is 197 Å². The molecule has 2 nitrogen and oxygen atoms in total. The number of nitrogens with zero attached hydrogens (tertiary/aromatic N) is 2. The van der Waals surface area contributed by atoms with Crippen molar-refractivity contribution in [2.24, 2.45) is 0 Å². The van der Waals surface area contributed by atoms with Gasteiger partial charge in [-0.2, -0.15) is 0 Å². The summed E-state index contributed by atoms with van der Waals surface area (Å²) in [4.78, 5) is 5.42. The summed E-state index contributed by atoms with van der Waals surface area (Å²) in [6.07, 6.45) is 2.37. The first-order valence-electron chi connectivity index (χ1n) is 22.4. The monoisotopic (exact) mass is 812 g/mol. The standard InChI is InChI=1S/C58H45BN2S/c1-34-29-41-39-32-40-38-17-8-13-24-52(38)62-53(40)33-50(39)61(35-25-26-44-47(31-35)57(4,5)28-27-56(44,2)3)59-48-22-14-21-46-55(48)60(51(30-34)54(41)59)49-23-12-11-20-45(49)58(46)42-18-9-6-15-36(42)37-16-7-10-19-43(37)58/h6-26,29-33H,27-28H2,1-5H3. The molecule has 5 aliphatic rings. The van der Waals surface area contributed by atoms with Crippen molar-refractivity contribution in [2.75, 3.05) is 9.71 Å². The maximum atomic E-state index is 2.76. The minimum Gasteiger partial charge on any atom is -0.376 e. The van der Waals surface area contributed by atoms with Crippen molar-refractivity contribution in [3.63, 3.8) is 0 Å². The molecule has 0 N–H and O–H groups in total. The Morgan fingerprint density at radius 2 is 1.16 bits per heavy atom. The highest BCUT2D eigenvalue weighted by molar-refractivity contribution is 7.25. The summed E-state index contributed by atoms with van der Waals surface area (Å²) in [6, 6.07) is 61.5. The van der Waals surface area contributed by atoms with Gasteiger partial charge in [0.05, 0.1) is 11.1 Å². The lowest BCUT2D eigenvalue weighted by molar-refractivity contribution is 0.332. The molecule has 9 aromatic rings. The summed E-state index contributed by atoms with van der Waals surface area (Å²) in [6.45, 7) is 12.1. The van der Waals surface area contributed by atoms with Crippen LogP contribution < -0.4 is 20.6 Å². The maximum Gasteiger partial charge on any atom is 0.333 e. The number of anilines is 5. The fourth-order valence-electron chi connectivity index (χ4n) is 12.9. The number of aryl methyl sites for hydroxylation is 1. The lowest BCUT2D eigenvalue weighted by Crippen LogP contribution is -2.62. The van der Waals surface area contributed by atoms with Gasteiger partial charge in [0.15, 0.2) is 0 Å². The molecule has 0 amide bonds. The van der Waals surface area contributed by atoms with Crippen LogP contribution in [0.4, 0.5) is 28.4 Å². The highest BCUT2D eigenvalue weighted by atomic mass is 32.1. The quantitative estimate of drug-likeness (QED) is 0.152. The number of hydrogen-bond donors (Lipinski definition) is 0. The Kier molecular flexibility index (Phi) is 6.69. The fraction of sp³-hybridized carbons (Fsp3) is 0.172. The van der Waals surface area contributed by atoms with Gasteiger partial charge in [-0.15, -0.1) is 11.3 Å². The first kappa shape index (κ1) is 35.3. The van der Waals surface area contributed by atoms with Gasteiger partial charge in [-0.1, -0.05) is 143 Å². The number of fused-ring (bicyclic) bond motifs is 17. The smallest absolute Gasteiger partial charge is 0.333 e. The second kappa shape index (κ2) is 11.8. The summed E-state index contributed by atoms with van der Waals surface area (Å²) in [5.41, 5.74) is 23.9. The zero-order chi connectivity index (χ0) is 41.4. The number of benzene rings is 8. The van der Waals surface area contributed by atoms with Crippen molar-refractivity contribution in [2.45, 2.75) is 63.7 Å². The first-order valence-corrected chi connectivity index (χ1v) is 23.2. The van der Waals surface area contributed by atoms with Crippen LogP contribution in [0.15, 0.2) is 158 Å². The molecule has 4 heteroatoms. The van der Waals surface area contributed by atoms with Crippen molar-refractivity contribution in [1.82, 2.24) is 0 Å². The molecule has 0 atom stereocenters. The lowest BCUT2D eigenvalue weighted by Gasteiger charge is -2.51. The highest BCUT2D eigenvalue weighted by Crippen LogP contribution is 2.64. The Bertz CT molecular complexity index is 3430. The molecule has 0 saturated heterocycles. The average Bonchev–Trinajstić information content (AvgIpc) is 3.80. The van der Waals surface area contributed by atoms with Crippen LogP contribution >= 0.6 is 11.3 Å². The molecule has 0 bridgehead atoms. The topological polar surface area (TPSA) is 6.48 Å². The first-order chi connectivity index (χ1) is 30.1. The van der Waals surface area contributed by atoms with Crippen LogP contribution in [-0.2, 0) is 16.2 Å². The number of rotatable bonds is 1. The van der Waals surface area contributed by atoms with Gasteiger partial charge in [-0.25, -0.2) is 0 Å². The number of thiophene rings is 1. The third-order valence-corrected chi connectivity index (χ3v) is 16.9. The Labute approximate surface area is 368 Å². The van der Waals surface area contributed by atoms with Crippen LogP contribution in [0.25, 0.3) is 42.4 Å². The van der Waals surface area contributed by atoms with Gasteiger partial charge >= 0.3 is 6.85 Å². The molecule has 0 saturated carbocycles. The van der Waals surface area contributed by atoms with E-state index >= 15 is 0 Å². The van der Waals surface area contributed by atoms with E-state index < -0.39 is 5.41 Å². The molecule has 0 radical (unpaired) electrons. The average molecular weight is 813 g/mol. The van der Waals surface area contributed by atoms with Gasteiger partial charge in [-0.05, 0) is 140 Å². The molecule has 0 fully saturated rings. The van der Waals surface area contributed by atoms with Crippen molar-refractivity contribution < 1.29 is 0 Å². The van der Waals surface area contributed by atoms with E-state index in [1.54, 1.807) is 0 Å². The van der Waals surface area contributed by atoms with Crippen LogP contribution in [0.5, 0.6) is 0 Å². The van der Waals surface area contributed by atoms with E-state index in [1.807, 2.05) is 11.3 Å². The van der Waals surface area contributed by atoms with Gasteiger partial charge in [0.25, 0.3) is 0 Å². The molecule has 2 aliphatic carbocycles. The minimum atomic E-state index is -0.474. The van der Waals surface area contributed by atoms with Crippen LogP contribution in [-0.4, -0.2) is 6.85 Å². The van der Waals surface area contributed by atoms with Crippen LogP contribution in [0.1, 0.15) is 79.5 Å². The lowest BCUT2D eigenvalue weighted by atomic mass is 9.42. The van der Waals surface area contributed by atoms with Crippen molar-refractivity contribution >= 4 is 77.7 Å². The van der Waals surface area contributed by atoms with E-state index in [1.165, 1.54) is 134 Å². The Morgan fingerprint density at radius 1 is 0.484 bits per heavy atom. The third-order valence-electron chi connectivity index (χ3n) is 15.7. The fourth-order valence-corrected chi connectivity index (χ4v) is 14.0. The number of hydrogen-bond acceptors (Lipinski definition) is 3. The highest BCUT2D eigenvalue weighted by Gasteiger charge is 2.55. The van der Waals surface area contributed by atoms with Crippen molar-refractivity contribution in [1.29, 1.82) is 0 Å². The van der Waals surface area contributed by atoms with Crippen LogP contribution in [0.3, 0.4) is 0 Å². The van der Waals surface area contributed by atoms with E-state index in [4.69, 9.17) is 0 Å². The zero-order valence-corrected chi connectivity index (χ0v) is 36.6. The van der Waals surface area contributed by atoms with E-state index in [9.17, 15) is 0 Å². The SMILES string of the molecule is Cc1cc2c3c(c1)N1c4ccccc4C4(c5ccccc5-c5ccccc54)c4cccc(c41)B3N(c1ccc3c(c1)C(C)(C)CCC3(C)C)c1cc3sc4ccccc4c3cc1-2. The third kappa shape index (κ3) is 4.22. The Balaban J connectivity index is 1.13. The van der Waals surface area contributed by atoms with Crippen LogP contribution in [0.2, 0.25) is 0 Å². The van der Waals surface area contributed by atoms with Crippen LogP contribution in [0, 0.1) is 6.92 Å². The van der Waals surface area contributed by atoms with Gasteiger partial charge in [-0.3, -0.25) is 0 Å². The second-order valence-corrected chi connectivity index (χ2v) is 21.0. The van der Waals surface area contributed by atoms with Gasteiger partial charge in [0, 0.05) is 48.5 Å². The van der Waals surface area contributed by atoms with Gasteiger partial charge in [0.2, 0.25) is 0 Å². The summed E-state index contributed by atoms with van der Waals surface area (Å²) in [5, 5.41) is 2.68. The molecule has 1 aromatic heterocycles. The molecule has 296 valence electrons. The molecular weight excluding hydrogens is 768 g/mol. The summed E-state index contributed by atoms with van der Waals surface area (Å²) in [5.74, 6) is 0. The number of para-hydroxylation sites is 2. The molecule has 4 heterocycles. The molecule has 14 rings (SSSR count). The largest absolute Gasteiger partial charge is 0.376 e. The second-order valence-electron chi connectivity index (χ2n) is 19.9. The Hall–Kier alpha value is -6.36. The Morgan fingerprint density at radius 3 is 1.95 bits per heavy atom. The van der Waals surface area contributed by atoms with E-state index in [2.05, 4.69) is 202 Å². The van der Waals surface area contributed by atoms with E-state index in [0.29, 0.717) is 0 Å². The minimum absolute atomic E-state index is 0.0573. The molecular formula is C58H45BN2S. The molecule has 0 unspecified atom stereocenters. The zero-order valence-electron chi connectivity index (χ0n) is 35.8. The predicted octanol–water partition coefficient (Wildman–Crippen LogP) is 14.1. The van der Waals surface area contributed by atoms with Gasteiger partial charge < -0.3 is 9.71 Å². The summed E-state index contributed by atoms with van der Waals surface area (Å²) >= 11 is 1.92. The molecule has 8 aromatic carbocycles. The van der Waals surface area contributed by atoms with E-state index in [0.717, 1.165) is 0 Å². The molecule has 62 heavy (non-hydrogen) atoms. The molecule has 1 spiro atoms. The predicted molar refractivity (Wildman–Crippen MR) is 264 cm³/mol. The normalized spacial score (nSPS) is 17.3. The summed E-state index contributed by atoms with van der Waals surface area (Å²) in [7, 11) is 0. The van der Waals surface area contributed by atoms with E-state index in [-0.39, 0.29) is 17.7 Å².